The maximum atomic E-state index is 12.5. The second-order valence-corrected chi connectivity index (χ2v) is 7.59. The van der Waals surface area contributed by atoms with E-state index >= 15 is 0 Å². The monoisotopic (exact) mass is 408 g/mol. The van der Waals surface area contributed by atoms with Crippen molar-refractivity contribution in [3.8, 4) is 11.5 Å². The molecule has 0 unspecified atom stereocenters. The van der Waals surface area contributed by atoms with E-state index < -0.39 is 0 Å². The lowest BCUT2D eigenvalue weighted by atomic mass is 9.99. The van der Waals surface area contributed by atoms with Crippen LogP contribution in [0.25, 0.3) is 6.08 Å². The summed E-state index contributed by atoms with van der Waals surface area (Å²) in [7, 11) is 0. The van der Waals surface area contributed by atoms with Crippen LogP contribution in [0.2, 0.25) is 0 Å². The Hall–Kier alpha value is -3.03. The highest BCUT2D eigenvalue weighted by atomic mass is 16.6. The Morgan fingerprint density at radius 3 is 2.60 bits per heavy atom. The smallest absolute Gasteiger partial charge is 0.319 e. The van der Waals surface area contributed by atoms with Gasteiger partial charge in [0.1, 0.15) is 19.3 Å². The standard InChI is InChI=1S/C23H24N2O5/c26-23(24-17-8-9-19-20(12-17)28-11-10-27-19)25-18-14-30-21-16(13-29-22(18)21)7-6-15-4-2-1-3-5-15/h1-9,12,16,18,21-22H,10-11,13-14H2,(H2,24,25,26)/b7-6-/t16-,18-,21+,22+/m0/s1. The van der Waals surface area contributed by atoms with E-state index in [2.05, 4.69) is 34.9 Å². The van der Waals surface area contributed by atoms with Gasteiger partial charge in [0.15, 0.2) is 11.5 Å². The molecule has 0 radical (unpaired) electrons. The number of urea groups is 1. The van der Waals surface area contributed by atoms with Crippen molar-refractivity contribution in [3.05, 3.63) is 60.2 Å². The molecule has 2 aromatic carbocycles. The molecule has 0 aromatic heterocycles. The Bertz CT molecular complexity index is 932. The quantitative estimate of drug-likeness (QED) is 0.813. The summed E-state index contributed by atoms with van der Waals surface area (Å²) in [5.74, 6) is 1.49. The van der Waals surface area contributed by atoms with E-state index in [0.29, 0.717) is 43.6 Å². The molecule has 2 N–H and O–H groups in total. The second kappa shape index (κ2) is 8.38. The number of hydrogen-bond donors (Lipinski definition) is 2. The highest BCUT2D eigenvalue weighted by Gasteiger charge is 2.47. The predicted molar refractivity (Wildman–Crippen MR) is 112 cm³/mol. The van der Waals surface area contributed by atoms with Crippen LogP contribution in [0, 0.1) is 5.92 Å². The van der Waals surface area contributed by atoms with Gasteiger partial charge in [-0.1, -0.05) is 42.5 Å². The highest BCUT2D eigenvalue weighted by molar-refractivity contribution is 5.90. The molecule has 2 amide bonds. The molecule has 0 spiro atoms. The van der Waals surface area contributed by atoms with Crippen molar-refractivity contribution < 1.29 is 23.7 Å². The van der Waals surface area contributed by atoms with E-state index in [1.54, 1.807) is 18.2 Å². The number of amides is 2. The Balaban J connectivity index is 1.17. The summed E-state index contributed by atoms with van der Waals surface area (Å²) in [4.78, 5) is 12.5. The van der Waals surface area contributed by atoms with Gasteiger partial charge < -0.3 is 29.6 Å². The molecule has 2 saturated heterocycles. The molecule has 2 fully saturated rings. The summed E-state index contributed by atoms with van der Waals surface area (Å²) in [5.41, 5.74) is 1.79. The lowest BCUT2D eigenvalue weighted by Crippen LogP contribution is -2.45. The summed E-state index contributed by atoms with van der Waals surface area (Å²) in [6.07, 6.45) is 4.03. The first kappa shape index (κ1) is 19.0. The van der Waals surface area contributed by atoms with Gasteiger partial charge in [0.25, 0.3) is 0 Å². The zero-order chi connectivity index (χ0) is 20.3. The van der Waals surface area contributed by atoms with Crippen LogP contribution in [0.4, 0.5) is 10.5 Å². The van der Waals surface area contributed by atoms with Gasteiger partial charge in [-0.25, -0.2) is 4.79 Å². The molecule has 0 saturated carbocycles. The van der Waals surface area contributed by atoms with Crippen LogP contribution in [0.15, 0.2) is 54.6 Å². The Kier molecular flexibility index (Phi) is 5.29. The van der Waals surface area contributed by atoms with Gasteiger partial charge in [-0.2, -0.15) is 0 Å². The Morgan fingerprint density at radius 1 is 0.933 bits per heavy atom. The highest BCUT2D eigenvalue weighted by Crippen LogP contribution is 2.34. The predicted octanol–water partition coefficient (Wildman–Crippen LogP) is 3.08. The van der Waals surface area contributed by atoms with Gasteiger partial charge in [-0.05, 0) is 17.7 Å². The summed E-state index contributed by atoms with van der Waals surface area (Å²) < 4.78 is 23.0. The number of rotatable bonds is 4. The van der Waals surface area contributed by atoms with Gasteiger partial charge in [0.05, 0.1) is 25.4 Å². The van der Waals surface area contributed by atoms with Crippen molar-refractivity contribution in [1.82, 2.24) is 5.32 Å². The molecule has 156 valence electrons. The summed E-state index contributed by atoms with van der Waals surface area (Å²) in [6.45, 7) is 2.05. The van der Waals surface area contributed by atoms with Crippen molar-refractivity contribution >= 4 is 17.8 Å². The van der Waals surface area contributed by atoms with Crippen molar-refractivity contribution in [2.75, 3.05) is 31.7 Å². The molecule has 0 bridgehead atoms. The largest absolute Gasteiger partial charge is 0.486 e. The van der Waals surface area contributed by atoms with Crippen LogP contribution in [-0.2, 0) is 9.47 Å². The Morgan fingerprint density at radius 2 is 1.73 bits per heavy atom. The fraction of sp³-hybridized carbons (Fsp3) is 0.348. The molecule has 7 nitrogen and oxygen atoms in total. The zero-order valence-corrected chi connectivity index (χ0v) is 16.5. The van der Waals surface area contributed by atoms with Crippen molar-refractivity contribution in [3.63, 3.8) is 0 Å². The van der Waals surface area contributed by atoms with Crippen LogP contribution >= 0.6 is 0 Å². The van der Waals surface area contributed by atoms with Gasteiger partial charge in [-0.15, -0.1) is 0 Å². The molecule has 3 aliphatic rings. The summed E-state index contributed by atoms with van der Waals surface area (Å²) in [5, 5.41) is 5.82. The summed E-state index contributed by atoms with van der Waals surface area (Å²) in [6, 6.07) is 15.0. The third-order valence-electron chi connectivity index (χ3n) is 5.54. The van der Waals surface area contributed by atoms with Crippen LogP contribution in [0.5, 0.6) is 11.5 Å². The molecule has 30 heavy (non-hydrogen) atoms. The Labute approximate surface area is 175 Å². The molecule has 3 aliphatic heterocycles. The molecule has 5 rings (SSSR count). The van der Waals surface area contributed by atoms with Gasteiger partial charge in [0.2, 0.25) is 0 Å². The van der Waals surface area contributed by atoms with Crippen molar-refractivity contribution in [1.29, 1.82) is 0 Å². The van der Waals surface area contributed by atoms with Crippen LogP contribution in [0.1, 0.15) is 5.56 Å². The fourth-order valence-corrected chi connectivity index (χ4v) is 4.07. The number of hydrogen-bond acceptors (Lipinski definition) is 5. The fourth-order valence-electron chi connectivity index (χ4n) is 4.07. The van der Waals surface area contributed by atoms with E-state index in [1.165, 1.54) is 0 Å². The number of anilines is 1. The first-order valence-electron chi connectivity index (χ1n) is 10.2. The number of carbonyl (C=O) groups is 1. The average molecular weight is 408 g/mol. The third-order valence-corrected chi connectivity index (χ3v) is 5.54. The molecular weight excluding hydrogens is 384 g/mol. The summed E-state index contributed by atoms with van der Waals surface area (Å²) >= 11 is 0. The number of benzene rings is 2. The minimum Gasteiger partial charge on any atom is -0.486 e. The van der Waals surface area contributed by atoms with Crippen molar-refractivity contribution in [2.45, 2.75) is 18.2 Å². The first-order chi connectivity index (χ1) is 14.8. The zero-order valence-electron chi connectivity index (χ0n) is 16.5. The molecule has 0 aliphatic carbocycles. The minimum atomic E-state index is -0.298. The lowest BCUT2D eigenvalue weighted by molar-refractivity contribution is 0.0662. The third kappa shape index (κ3) is 3.99. The van der Waals surface area contributed by atoms with E-state index in [0.717, 1.165) is 5.56 Å². The molecule has 2 aromatic rings. The van der Waals surface area contributed by atoms with Crippen molar-refractivity contribution in [2.24, 2.45) is 5.92 Å². The topological polar surface area (TPSA) is 78.1 Å². The maximum absolute atomic E-state index is 12.5. The number of ether oxygens (including phenoxy) is 4. The van der Waals surface area contributed by atoms with Crippen LogP contribution < -0.4 is 20.1 Å². The SMILES string of the molecule is O=C(Nc1ccc2c(c1)OCCO2)N[C@H]1CO[C@H]2[C@@H]1OC[C@@H]2/C=C\c1ccccc1. The average Bonchev–Trinajstić information content (AvgIpc) is 3.36. The van der Waals surface area contributed by atoms with Gasteiger partial charge >= 0.3 is 6.03 Å². The molecule has 4 atom stereocenters. The first-order valence-corrected chi connectivity index (χ1v) is 10.2. The number of nitrogens with one attached hydrogen (secondary N) is 2. The van der Waals surface area contributed by atoms with E-state index in [9.17, 15) is 4.79 Å². The van der Waals surface area contributed by atoms with E-state index in [-0.39, 0.29) is 30.2 Å². The van der Waals surface area contributed by atoms with E-state index in [4.69, 9.17) is 18.9 Å². The number of carbonyl (C=O) groups excluding carboxylic acids is 1. The lowest BCUT2D eigenvalue weighted by Gasteiger charge is -2.20. The van der Waals surface area contributed by atoms with Crippen LogP contribution in [0.3, 0.4) is 0 Å². The van der Waals surface area contributed by atoms with Crippen LogP contribution in [-0.4, -0.2) is 50.7 Å². The van der Waals surface area contributed by atoms with E-state index in [1.807, 2.05) is 18.2 Å². The molecular formula is C23H24N2O5. The maximum Gasteiger partial charge on any atom is 0.319 e. The molecule has 3 heterocycles. The van der Waals surface area contributed by atoms with Gasteiger partial charge in [-0.3, -0.25) is 0 Å². The second-order valence-electron chi connectivity index (χ2n) is 7.59. The van der Waals surface area contributed by atoms with Gasteiger partial charge in [0, 0.05) is 17.7 Å². The normalized spacial score (nSPS) is 27.1. The minimum absolute atomic E-state index is 0.0513. The molecule has 7 heteroatoms. The number of fused-ring (bicyclic) bond motifs is 2.